The topological polar surface area (TPSA) is 12.0 Å². The fourth-order valence-electron chi connectivity index (χ4n) is 3.28. The second kappa shape index (κ2) is 7.64. The molecule has 0 aliphatic heterocycles. The number of rotatable bonds is 6. The Hall–Kier alpha value is -0.890. The van der Waals surface area contributed by atoms with Gasteiger partial charge < -0.3 is 5.32 Å². The Bertz CT molecular complexity index is 371. The smallest absolute Gasteiger partial charge is 0.126 e. The molecule has 1 nitrogen and oxygen atoms in total. The third-order valence-electron chi connectivity index (χ3n) is 4.26. The zero-order valence-electron chi connectivity index (χ0n) is 12.0. The van der Waals surface area contributed by atoms with Crippen LogP contribution in [0.15, 0.2) is 24.3 Å². The van der Waals surface area contributed by atoms with Crippen LogP contribution in [-0.4, -0.2) is 12.6 Å². The molecule has 1 unspecified atom stereocenters. The van der Waals surface area contributed by atoms with Gasteiger partial charge in [-0.15, -0.1) is 0 Å². The predicted molar refractivity (Wildman–Crippen MR) is 78.8 cm³/mol. The lowest BCUT2D eigenvalue weighted by Gasteiger charge is -2.27. The Morgan fingerprint density at radius 2 is 1.95 bits per heavy atom. The maximum absolute atomic E-state index is 13.7. The van der Waals surface area contributed by atoms with Gasteiger partial charge in [0.25, 0.3) is 0 Å². The van der Waals surface area contributed by atoms with Crippen molar-refractivity contribution in [2.75, 3.05) is 6.54 Å². The first kappa shape index (κ1) is 14.5. The van der Waals surface area contributed by atoms with Crippen LogP contribution in [0.5, 0.6) is 0 Å². The Morgan fingerprint density at radius 1 is 1.21 bits per heavy atom. The van der Waals surface area contributed by atoms with Gasteiger partial charge in [0.1, 0.15) is 5.82 Å². The molecule has 1 aliphatic carbocycles. The summed E-state index contributed by atoms with van der Waals surface area (Å²) in [5.74, 6) is 0.777. The fraction of sp³-hybridized carbons (Fsp3) is 0.647. The summed E-state index contributed by atoms with van der Waals surface area (Å²) in [5.41, 5.74) is 0.851. The van der Waals surface area contributed by atoms with Gasteiger partial charge in [-0.05, 0) is 36.9 Å². The summed E-state index contributed by atoms with van der Waals surface area (Å²) < 4.78 is 13.7. The molecule has 0 radical (unpaired) electrons. The molecule has 1 N–H and O–H groups in total. The second-order valence-corrected chi connectivity index (χ2v) is 5.79. The second-order valence-electron chi connectivity index (χ2n) is 5.79. The van der Waals surface area contributed by atoms with Gasteiger partial charge in [-0.3, -0.25) is 0 Å². The van der Waals surface area contributed by atoms with Crippen LogP contribution in [-0.2, 0) is 6.42 Å². The zero-order valence-corrected chi connectivity index (χ0v) is 12.0. The molecule has 0 amide bonds. The molecule has 0 bridgehead atoms. The summed E-state index contributed by atoms with van der Waals surface area (Å²) >= 11 is 0. The van der Waals surface area contributed by atoms with E-state index in [1.165, 1.54) is 38.5 Å². The van der Waals surface area contributed by atoms with E-state index in [1.54, 1.807) is 12.1 Å². The lowest BCUT2D eigenvalue weighted by molar-refractivity contribution is 0.297. The molecule has 2 heteroatoms. The van der Waals surface area contributed by atoms with E-state index < -0.39 is 0 Å². The van der Waals surface area contributed by atoms with Crippen LogP contribution in [0.1, 0.15) is 51.0 Å². The molecule has 0 spiro atoms. The standard InChI is InChI=1S/C17H26FN/c1-2-19-16(12-14-8-4-3-5-9-14)13-15-10-6-7-11-17(15)18/h6-7,10-11,14,16,19H,2-5,8-9,12-13H2,1H3. The van der Waals surface area contributed by atoms with Crippen molar-refractivity contribution in [3.05, 3.63) is 35.6 Å². The number of hydrogen-bond acceptors (Lipinski definition) is 1. The molecule has 1 atom stereocenters. The molecule has 1 aromatic rings. The highest BCUT2D eigenvalue weighted by Gasteiger charge is 2.19. The van der Waals surface area contributed by atoms with Crippen molar-refractivity contribution in [3.8, 4) is 0 Å². The quantitative estimate of drug-likeness (QED) is 0.806. The minimum atomic E-state index is -0.0611. The maximum Gasteiger partial charge on any atom is 0.126 e. The van der Waals surface area contributed by atoms with Gasteiger partial charge in [0, 0.05) is 6.04 Å². The molecule has 0 saturated heterocycles. The van der Waals surface area contributed by atoms with Crippen LogP contribution >= 0.6 is 0 Å². The van der Waals surface area contributed by atoms with Crippen LogP contribution in [0.25, 0.3) is 0 Å². The molecule has 19 heavy (non-hydrogen) atoms. The van der Waals surface area contributed by atoms with Gasteiger partial charge in [-0.1, -0.05) is 57.2 Å². The van der Waals surface area contributed by atoms with Crippen LogP contribution in [0, 0.1) is 11.7 Å². The maximum atomic E-state index is 13.7. The number of benzene rings is 1. The van der Waals surface area contributed by atoms with E-state index in [-0.39, 0.29) is 5.82 Å². The average molecular weight is 263 g/mol. The summed E-state index contributed by atoms with van der Waals surface area (Å²) in [7, 11) is 0. The first-order chi connectivity index (χ1) is 9.29. The van der Waals surface area contributed by atoms with Crippen LogP contribution < -0.4 is 5.32 Å². The van der Waals surface area contributed by atoms with Gasteiger partial charge in [0.05, 0.1) is 0 Å². The van der Waals surface area contributed by atoms with E-state index in [1.807, 2.05) is 12.1 Å². The van der Waals surface area contributed by atoms with Crippen molar-refractivity contribution < 1.29 is 4.39 Å². The van der Waals surface area contributed by atoms with E-state index in [9.17, 15) is 4.39 Å². The van der Waals surface area contributed by atoms with Crippen molar-refractivity contribution in [2.45, 2.75) is 57.9 Å². The van der Waals surface area contributed by atoms with Gasteiger partial charge in [0.15, 0.2) is 0 Å². The SMILES string of the molecule is CCNC(Cc1ccccc1F)CC1CCCCC1. The molecule has 1 aliphatic rings. The Morgan fingerprint density at radius 3 is 2.63 bits per heavy atom. The summed E-state index contributed by atoms with van der Waals surface area (Å²) in [6.07, 6.45) is 8.89. The monoisotopic (exact) mass is 263 g/mol. The minimum absolute atomic E-state index is 0.0611. The Kier molecular flexibility index (Phi) is 5.84. The molecule has 0 aromatic heterocycles. The van der Waals surface area contributed by atoms with E-state index in [2.05, 4.69) is 12.2 Å². The third-order valence-corrected chi connectivity index (χ3v) is 4.26. The van der Waals surface area contributed by atoms with E-state index in [0.717, 1.165) is 24.4 Å². The van der Waals surface area contributed by atoms with Crippen molar-refractivity contribution in [2.24, 2.45) is 5.92 Å². The summed E-state index contributed by atoms with van der Waals surface area (Å²) in [5, 5.41) is 3.54. The first-order valence-corrected chi connectivity index (χ1v) is 7.76. The summed E-state index contributed by atoms with van der Waals surface area (Å²) in [4.78, 5) is 0. The molecular formula is C17H26FN. The highest BCUT2D eigenvalue weighted by Crippen LogP contribution is 2.28. The van der Waals surface area contributed by atoms with Gasteiger partial charge >= 0.3 is 0 Å². The van der Waals surface area contributed by atoms with E-state index in [0.29, 0.717) is 6.04 Å². The normalized spacial score (nSPS) is 18.4. The number of likely N-dealkylation sites (N-methyl/N-ethyl adjacent to an activating group) is 1. The Balaban J connectivity index is 1.93. The van der Waals surface area contributed by atoms with Gasteiger partial charge in [0.2, 0.25) is 0 Å². The van der Waals surface area contributed by atoms with Crippen LogP contribution in [0.4, 0.5) is 4.39 Å². The van der Waals surface area contributed by atoms with Crippen molar-refractivity contribution in [3.63, 3.8) is 0 Å². The molecular weight excluding hydrogens is 237 g/mol. The summed E-state index contributed by atoms with van der Waals surface area (Å²) in [6.45, 7) is 3.10. The highest BCUT2D eigenvalue weighted by atomic mass is 19.1. The largest absolute Gasteiger partial charge is 0.314 e. The minimum Gasteiger partial charge on any atom is -0.314 e. The molecule has 1 fully saturated rings. The average Bonchev–Trinajstić information content (AvgIpc) is 2.43. The molecule has 106 valence electrons. The lowest BCUT2D eigenvalue weighted by atomic mass is 9.83. The van der Waals surface area contributed by atoms with E-state index in [4.69, 9.17) is 0 Å². The Labute approximate surface area is 116 Å². The molecule has 0 heterocycles. The van der Waals surface area contributed by atoms with Crippen LogP contribution in [0.3, 0.4) is 0 Å². The molecule has 1 saturated carbocycles. The van der Waals surface area contributed by atoms with Crippen molar-refractivity contribution >= 4 is 0 Å². The number of halogens is 1. The van der Waals surface area contributed by atoms with E-state index >= 15 is 0 Å². The van der Waals surface area contributed by atoms with Crippen molar-refractivity contribution in [1.82, 2.24) is 5.32 Å². The first-order valence-electron chi connectivity index (χ1n) is 7.76. The van der Waals surface area contributed by atoms with Crippen molar-refractivity contribution in [1.29, 1.82) is 0 Å². The van der Waals surface area contributed by atoms with Crippen LogP contribution in [0.2, 0.25) is 0 Å². The third kappa shape index (κ3) is 4.61. The number of nitrogens with one attached hydrogen (secondary N) is 1. The van der Waals surface area contributed by atoms with Gasteiger partial charge in [-0.25, -0.2) is 4.39 Å². The fourth-order valence-corrected chi connectivity index (χ4v) is 3.28. The van der Waals surface area contributed by atoms with Gasteiger partial charge in [-0.2, -0.15) is 0 Å². The predicted octanol–water partition coefficient (Wildman–Crippen LogP) is 4.32. The molecule has 1 aromatic carbocycles. The zero-order chi connectivity index (χ0) is 13.5. The molecule has 2 rings (SSSR count). The highest BCUT2D eigenvalue weighted by molar-refractivity contribution is 5.18. The summed E-state index contributed by atoms with van der Waals surface area (Å²) in [6, 6.07) is 7.61. The lowest BCUT2D eigenvalue weighted by Crippen LogP contribution is -2.33. The number of hydrogen-bond donors (Lipinski definition) is 1.